The van der Waals surface area contributed by atoms with Crippen LogP contribution in [0.1, 0.15) is 41.1 Å². The van der Waals surface area contributed by atoms with Gasteiger partial charge in [-0.2, -0.15) is 0 Å². The second-order valence-electron chi connectivity index (χ2n) is 5.02. The van der Waals surface area contributed by atoms with Gasteiger partial charge >= 0.3 is 5.97 Å². The highest BCUT2D eigenvalue weighted by Crippen LogP contribution is 2.28. The van der Waals surface area contributed by atoms with E-state index in [-0.39, 0.29) is 0 Å². The van der Waals surface area contributed by atoms with Gasteiger partial charge in [0.2, 0.25) is 0 Å². The van der Waals surface area contributed by atoms with E-state index in [1.807, 2.05) is 32.9 Å². The highest BCUT2D eigenvalue weighted by atomic mass is 16.4. The van der Waals surface area contributed by atoms with Crippen LogP contribution in [0.4, 0.5) is 0 Å². The summed E-state index contributed by atoms with van der Waals surface area (Å²) in [7, 11) is 0. The van der Waals surface area contributed by atoms with Gasteiger partial charge in [0.25, 0.3) is 0 Å². The van der Waals surface area contributed by atoms with Crippen molar-refractivity contribution >= 4 is 5.97 Å². The Kier molecular flexibility index (Phi) is 3.20. The van der Waals surface area contributed by atoms with Crippen LogP contribution in [0.15, 0.2) is 12.1 Å². The van der Waals surface area contributed by atoms with E-state index in [0.29, 0.717) is 6.04 Å². The maximum atomic E-state index is 11.4. The van der Waals surface area contributed by atoms with Crippen molar-refractivity contribution in [3.8, 4) is 0 Å². The first-order valence-electron chi connectivity index (χ1n) is 6.05. The van der Waals surface area contributed by atoms with E-state index in [1.165, 1.54) is 5.56 Å². The van der Waals surface area contributed by atoms with Crippen LogP contribution >= 0.6 is 0 Å². The SMILES string of the molecule is Cc1cc(C)c(C(NC2CC2)C(=O)O)c(C)c1. The van der Waals surface area contributed by atoms with Crippen molar-refractivity contribution < 1.29 is 9.90 Å². The second kappa shape index (κ2) is 4.49. The molecule has 0 spiro atoms. The average molecular weight is 233 g/mol. The third kappa shape index (κ3) is 2.67. The highest BCUT2D eigenvalue weighted by Gasteiger charge is 2.30. The first-order valence-corrected chi connectivity index (χ1v) is 6.05. The summed E-state index contributed by atoms with van der Waals surface area (Å²) in [6, 6.07) is 3.92. The summed E-state index contributed by atoms with van der Waals surface area (Å²) >= 11 is 0. The van der Waals surface area contributed by atoms with Crippen LogP contribution < -0.4 is 5.32 Å². The highest BCUT2D eigenvalue weighted by molar-refractivity contribution is 5.77. The van der Waals surface area contributed by atoms with Crippen LogP contribution in [0.25, 0.3) is 0 Å². The van der Waals surface area contributed by atoms with E-state index < -0.39 is 12.0 Å². The Morgan fingerprint density at radius 2 is 1.82 bits per heavy atom. The molecule has 0 bridgehead atoms. The van der Waals surface area contributed by atoms with Gasteiger partial charge in [-0.25, -0.2) is 0 Å². The van der Waals surface area contributed by atoms with Gasteiger partial charge in [-0.1, -0.05) is 17.7 Å². The van der Waals surface area contributed by atoms with Gasteiger partial charge in [-0.05, 0) is 50.3 Å². The Balaban J connectivity index is 2.37. The predicted octanol–water partition coefficient (Wildman–Crippen LogP) is 2.49. The fourth-order valence-corrected chi connectivity index (χ4v) is 2.41. The molecule has 1 saturated carbocycles. The van der Waals surface area contributed by atoms with Crippen molar-refractivity contribution in [3.63, 3.8) is 0 Å². The summed E-state index contributed by atoms with van der Waals surface area (Å²) in [6.45, 7) is 6.01. The molecule has 1 fully saturated rings. The number of nitrogens with one attached hydrogen (secondary N) is 1. The molecule has 3 nitrogen and oxygen atoms in total. The average Bonchev–Trinajstić information content (AvgIpc) is 2.98. The largest absolute Gasteiger partial charge is 0.480 e. The number of hydrogen-bond donors (Lipinski definition) is 2. The molecular formula is C14H19NO2. The molecule has 92 valence electrons. The monoisotopic (exact) mass is 233 g/mol. The normalized spacial score (nSPS) is 16.9. The molecular weight excluding hydrogens is 214 g/mol. The van der Waals surface area contributed by atoms with Gasteiger partial charge in [0, 0.05) is 6.04 Å². The van der Waals surface area contributed by atoms with Crippen molar-refractivity contribution in [2.75, 3.05) is 0 Å². The van der Waals surface area contributed by atoms with Gasteiger partial charge < -0.3 is 5.11 Å². The molecule has 2 rings (SSSR count). The van der Waals surface area contributed by atoms with Gasteiger partial charge in [0.05, 0.1) is 0 Å². The van der Waals surface area contributed by atoms with Crippen LogP contribution in [0.5, 0.6) is 0 Å². The minimum absolute atomic E-state index is 0.385. The zero-order valence-electron chi connectivity index (χ0n) is 10.6. The fraction of sp³-hybridized carbons (Fsp3) is 0.500. The van der Waals surface area contributed by atoms with Crippen LogP contribution in [0.3, 0.4) is 0 Å². The van der Waals surface area contributed by atoms with Gasteiger partial charge in [-0.3, -0.25) is 10.1 Å². The summed E-state index contributed by atoms with van der Waals surface area (Å²) in [4.78, 5) is 11.4. The third-order valence-corrected chi connectivity index (χ3v) is 3.25. The standard InChI is InChI=1S/C14H19NO2/c1-8-6-9(2)12(10(3)7-8)13(14(16)17)15-11-4-5-11/h6-7,11,13,15H,4-5H2,1-3H3,(H,16,17). The van der Waals surface area contributed by atoms with Crippen molar-refractivity contribution in [2.24, 2.45) is 0 Å². The quantitative estimate of drug-likeness (QED) is 0.840. The van der Waals surface area contributed by atoms with E-state index in [9.17, 15) is 9.90 Å². The molecule has 0 aromatic heterocycles. The Hall–Kier alpha value is -1.35. The lowest BCUT2D eigenvalue weighted by atomic mass is 9.94. The fourth-order valence-electron chi connectivity index (χ4n) is 2.41. The maximum Gasteiger partial charge on any atom is 0.325 e. The summed E-state index contributed by atoms with van der Waals surface area (Å²) in [5, 5.41) is 12.6. The minimum atomic E-state index is -0.785. The molecule has 0 radical (unpaired) electrons. The van der Waals surface area contributed by atoms with Crippen molar-refractivity contribution in [3.05, 3.63) is 34.4 Å². The van der Waals surface area contributed by atoms with Crippen molar-refractivity contribution in [1.82, 2.24) is 5.32 Å². The number of carboxylic acids is 1. The smallest absolute Gasteiger partial charge is 0.325 e. The molecule has 2 N–H and O–H groups in total. The zero-order chi connectivity index (χ0) is 12.6. The third-order valence-electron chi connectivity index (χ3n) is 3.25. The van der Waals surface area contributed by atoms with Crippen molar-refractivity contribution in [1.29, 1.82) is 0 Å². The van der Waals surface area contributed by atoms with E-state index >= 15 is 0 Å². The van der Waals surface area contributed by atoms with Gasteiger partial charge in [0.15, 0.2) is 0 Å². The van der Waals surface area contributed by atoms with E-state index in [2.05, 4.69) is 5.32 Å². The summed E-state index contributed by atoms with van der Waals surface area (Å²) in [5.41, 5.74) is 4.22. The molecule has 0 heterocycles. The lowest BCUT2D eigenvalue weighted by Crippen LogP contribution is -2.31. The second-order valence-corrected chi connectivity index (χ2v) is 5.02. The number of aliphatic carboxylic acids is 1. The van der Waals surface area contributed by atoms with Crippen LogP contribution in [-0.2, 0) is 4.79 Å². The zero-order valence-corrected chi connectivity index (χ0v) is 10.6. The van der Waals surface area contributed by atoms with Gasteiger partial charge in [-0.15, -0.1) is 0 Å². The summed E-state index contributed by atoms with van der Waals surface area (Å²) in [5.74, 6) is -0.785. The Bertz CT molecular complexity index is 427. The molecule has 1 aliphatic carbocycles. The molecule has 0 saturated heterocycles. The topological polar surface area (TPSA) is 49.3 Å². The van der Waals surface area contributed by atoms with Crippen LogP contribution in [0.2, 0.25) is 0 Å². The Morgan fingerprint density at radius 1 is 1.29 bits per heavy atom. The summed E-state index contributed by atoms with van der Waals surface area (Å²) in [6.07, 6.45) is 2.18. The molecule has 0 aliphatic heterocycles. The van der Waals surface area contributed by atoms with E-state index in [1.54, 1.807) is 0 Å². The van der Waals surface area contributed by atoms with E-state index in [4.69, 9.17) is 0 Å². The first-order chi connectivity index (χ1) is 7.99. The predicted molar refractivity (Wildman–Crippen MR) is 67.2 cm³/mol. The van der Waals surface area contributed by atoms with Crippen LogP contribution in [-0.4, -0.2) is 17.1 Å². The lowest BCUT2D eigenvalue weighted by molar-refractivity contribution is -0.139. The molecule has 1 atom stereocenters. The number of benzene rings is 1. The summed E-state index contributed by atoms with van der Waals surface area (Å²) < 4.78 is 0. The van der Waals surface area contributed by atoms with Crippen LogP contribution in [0, 0.1) is 20.8 Å². The number of aryl methyl sites for hydroxylation is 3. The molecule has 1 aliphatic rings. The molecule has 0 amide bonds. The van der Waals surface area contributed by atoms with Crippen molar-refractivity contribution in [2.45, 2.75) is 45.7 Å². The maximum absolute atomic E-state index is 11.4. The minimum Gasteiger partial charge on any atom is -0.480 e. The number of rotatable bonds is 4. The molecule has 3 heteroatoms. The Morgan fingerprint density at radius 3 is 2.24 bits per heavy atom. The number of carbonyl (C=O) groups is 1. The Labute approximate surface area is 102 Å². The molecule has 1 aromatic carbocycles. The number of hydrogen-bond acceptors (Lipinski definition) is 2. The molecule has 1 aromatic rings. The molecule has 1 unspecified atom stereocenters. The molecule has 17 heavy (non-hydrogen) atoms. The van der Waals surface area contributed by atoms with Gasteiger partial charge in [0.1, 0.15) is 6.04 Å². The number of carboxylic acid groups (broad SMARTS) is 1. The van der Waals surface area contributed by atoms with E-state index in [0.717, 1.165) is 29.5 Å². The first kappa shape index (κ1) is 12.1. The lowest BCUT2D eigenvalue weighted by Gasteiger charge is -2.19.